The smallest absolute Gasteiger partial charge is 0.306 e. The third-order valence-electron chi connectivity index (χ3n) is 4.22. The Morgan fingerprint density at radius 1 is 1.44 bits per heavy atom. The molecule has 0 spiro atoms. The van der Waals surface area contributed by atoms with Gasteiger partial charge in [-0.25, -0.2) is 0 Å². The Balaban J connectivity index is 0.000000181. The van der Waals surface area contributed by atoms with Crippen LogP contribution in [-0.2, 0) is 11.2 Å². The Hall–Kier alpha value is -2.35. The molecule has 8 heteroatoms. The monoisotopic (exact) mass is 346 g/mol. The Morgan fingerprint density at radius 2 is 2.28 bits per heavy atom. The summed E-state index contributed by atoms with van der Waals surface area (Å²) in [7, 11) is 0. The summed E-state index contributed by atoms with van der Waals surface area (Å²) in [5.41, 5.74) is 2.48. The molecule has 2 atom stereocenters. The van der Waals surface area contributed by atoms with Crippen LogP contribution in [0.5, 0.6) is 0 Å². The molecular weight excluding hydrogens is 320 g/mol. The minimum Gasteiger partial charge on any atom is -0.481 e. The van der Waals surface area contributed by atoms with Crippen LogP contribution in [-0.4, -0.2) is 49.8 Å². The summed E-state index contributed by atoms with van der Waals surface area (Å²) in [4.78, 5) is 15.1. The van der Waals surface area contributed by atoms with Gasteiger partial charge < -0.3 is 10.4 Å². The number of H-pyrrole nitrogens is 1. The van der Waals surface area contributed by atoms with Crippen LogP contribution < -0.4 is 5.32 Å². The molecule has 2 unspecified atom stereocenters. The van der Waals surface area contributed by atoms with Crippen LogP contribution in [0.15, 0.2) is 18.3 Å². The summed E-state index contributed by atoms with van der Waals surface area (Å²) in [6.45, 7) is 6.26. The number of nitrogens with zero attached hydrogens (tertiary/aromatic N) is 4. The number of carboxylic acid groups (broad SMARTS) is 1. The van der Waals surface area contributed by atoms with Gasteiger partial charge in [0.15, 0.2) is 5.82 Å². The summed E-state index contributed by atoms with van der Waals surface area (Å²) in [6.07, 6.45) is 5.02. The summed E-state index contributed by atoms with van der Waals surface area (Å²) in [5.74, 6) is -0.0966. The first kappa shape index (κ1) is 19.0. The van der Waals surface area contributed by atoms with E-state index in [9.17, 15) is 4.79 Å². The molecule has 0 saturated carbocycles. The van der Waals surface area contributed by atoms with Crippen LogP contribution in [0, 0.1) is 12.8 Å². The second kappa shape index (κ2) is 9.83. The summed E-state index contributed by atoms with van der Waals surface area (Å²) in [6, 6.07) is 4.29. The summed E-state index contributed by atoms with van der Waals surface area (Å²) < 4.78 is 0. The van der Waals surface area contributed by atoms with Gasteiger partial charge in [0.2, 0.25) is 0 Å². The fraction of sp³-hybridized carbons (Fsp3) is 0.588. The number of aromatic nitrogens is 5. The maximum Gasteiger partial charge on any atom is 0.306 e. The number of carboxylic acids is 1. The molecule has 1 aliphatic heterocycles. The number of rotatable bonds is 6. The van der Waals surface area contributed by atoms with E-state index in [-0.39, 0.29) is 0 Å². The number of aromatic amines is 1. The minimum absolute atomic E-state index is 0.347. The van der Waals surface area contributed by atoms with Gasteiger partial charge >= 0.3 is 5.97 Å². The minimum atomic E-state index is -0.799. The van der Waals surface area contributed by atoms with E-state index in [0.29, 0.717) is 24.6 Å². The van der Waals surface area contributed by atoms with E-state index >= 15 is 0 Å². The van der Waals surface area contributed by atoms with Crippen LogP contribution in [0.1, 0.15) is 49.2 Å². The largest absolute Gasteiger partial charge is 0.481 e. The maximum absolute atomic E-state index is 10.7. The van der Waals surface area contributed by atoms with Crippen molar-refractivity contribution < 1.29 is 9.90 Å². The number of nitrogens with one attached hydrogen (secondary N) is 2. The predicted octanol–water partition coefficient (Wildman–Crippen LogP) is 1.71. The van der Waals surface area contributed by atoms with Crippen molar-refractivity contribution in [2.75, 3.05) is 13.1 Å². The van der Waals surface area contributed by atoms with Crippen LogP contribution in [0.2, 0.25) is 0 Å². The lowest BCUT2D eigenvalue weighted by Gasteiger charge is -2.06. The number of aryl methyl sites for hydroxylation is 1. The lowest BCUT2D eigenvalue weighted by Crippen LogP contribution is -2.16. The molecule has 3 heterocycles. The first-order valence-corrected chi connectivity index (χ1v) is 8.68. The van der Waals surface area contributed by atoms with Gasteiger partial charge in [0, 0.05) is 30.8 Å². The van der Waals surface area contributed by atoms with Gasteiger partial charge in [0.05, 0.1) is 5.92 Å². The van der Waals surface area contributed by atoms with Crippen molar-refractivity contribution >= 4 is 5.97 Å². The Kier molecular flexibility index (Phi) is 7.46. The van der Waals surface area contributed by atoms with Crippen molar-refractivity contribution in [1.82, 2.24) is 30.9 Å². The van der Waals surface area contributed by atoms with Gasteiger partial charge in [-0.2, -0.15) is 5.21 Å². The zero-order valence-corrected chi connectivity index (χ0v) is 14.8. The van der Waals surface area contributed by atoms with E-state index in [0.717, 1.165) is 19.5 Å². The van der Waals surface area contributed by atoms with E-state index in [2.05, 4.69) is 50.0 Å². The normalized spacial score (nSPS) is 17.6. The molecule has 1 saturated heterocycles. The van der Waals surface area contributed by atoms with Crippen LogP contribution in [0.3, 0.4) is 0 Å². The van der Waals surface area contributed by atoms with Gasteiger partial charge in [-0.15, -0.1) is 10.2 Å². The fourth-order valence-corrected chi connectivity index (χ4v) is 2.78. The van der Waals surface area contributed by atoms with Crippen molar-refractivity contribution in [3.8, 4) is 0 Å². The molecule has 1 aliphatic rings. The van der Waals surface area contributed by atoms with E-state index in [1.807, 2.05) is 13.1 Å². The highest BCUT2D eigenvalue weighted by molar-refractivity contribution is 5.70. The van der Waals surface area contributed by atoms with E-state index < -0.39 is 11.9 Å². The number of hydrogen-bond donors (Lipinski definition) is 3. The fourth-order valence-electron chi connectivity index (χ4n) is 2.78. The quantitative estimate of drug-likeness (QED) is 0.729. The lowest BCUT2D eigenvalue weighted by atomic mass is 10.00. The van der Waals surface area contributed by atoms with Crippen LogP contribution in [0.25, 0.3) is 0 Å². The number of pyridine rings is 1. The highest BCUT2D eigenvalue weighted by Crippen LogP contribution is 2.19. The molecule has 25 heavy (non-hydrogen) atoms. The molecule has 0 aliphatic carbocycles. The van der Waals surface area contributed by atoms with Crippen LogP contribution in [0.4, 0.5) is 0 Å². The van der Waals surface area contributed by atoms with Gasteiger partial charge in [-0.3, -0.25) is 9.78 Å². The Bertz CT molecular complexity index is 623. The molecule has 2 aromatic rings. The second-order valence-corrected chi connectivity index (χ2v) is 6.31. The first-order valence-electron chi connectivity index (χ1n) is 8.68. The number of aliphatic carboxylic acids is 1. The maximum atomic E-state index is 10.7. The van der Waals surface area contributed by atoms with Crippen LogP contribution >= 0.6 is 0 Å². The molecule has 0 bridgehead atoms. The molecule has 0 aromatic carbocycles. The van der Waals surface area contributed by atoms with Crippen molar-refractivity contribution in [3.05, 3.63) is 35.4 Å². The molecule has 0 radical (unpaired) electrons. The van der Waals surface area contributed by atoms with Gasteiger partial charge in [-0.1, -0.05) is 24.6 Å². The first-order chi connectivity index (χ1) is 12.1. The number of carbonyl (C=O) groups is 1. The van der Waals surface area contributed by atoms with E-state index in [1.54, 1.807) is 0 Å². The number of hydrogen-bond acceptors (Lipinski definition) is 6. The number of tetrazole rings is 1. The van der Waals surface area contributed by atoms with Gasteiger partial charge in [0.1, 0.15) is 0 Å². The van der Waals surface area contributed by atoms with Crippen molar-refractivity contribution in [1.29, 1.82) is 0 Å². The Morgan fingerprint density at radius 3 is 2.80 bits per heavy atom. The zero-order valence-electron chi connectivity index (χ0n) is 14.8. The Labute approximate surface area is 147 Å². The van der Waals surface area contributed by atoms with Crippen molar-refractivity contribution in [2.45, 2.75) is 45.4 Å². The molecule has 1 fully saturated rings. The van der Waals surface area contributed by atoms with Gasteiger partial charge in [-0.05, 0) is 37.9 Å². The SMILES string of the molecule is CCCC(Cc1nn[nH]n1)C(=O)O.Cc1ccc(C2CCNC2)nc1. The van der Waals surface area contributed by atoms with Gasteiger partial charge in [0.25, 0.3) is 0 Å². The van der Waals surface area contributed by atoms with E-state index in [4.69, 9.17) is 5.11 Å². The third-order valence-corrected chi connectivity index (χ3v) is 4.22. The van der Waals surface area contributed by atoms with Crippen molar-refractivity contribution in [2.24, 2.45) is 5.92 Å². The highest BCUT2D eigenvalue weighted by Gasteiger charge is 2.19. The van der Waals surface area contributed by atoms with Crippen molar-refractivity contribution in [3.63, 3.8) is 0 Å². The average molecular weight is 346 g/mol. The zero-order chi connectivity index (χ0) is 18.1. The third kappa shape index (κ3) is 6.22. The molecule has 8 nitrogen and oxygen atoms in total. The molecule has 3 rings (SSSR count). The summed E-state index contributed by atoms with van der Waals surface area (Å²) in [5, 5.41) is 25.2. The average Bonchev–Trinajstić information content (AvgIpc) is 3.29. The predicted molar refractivity (Wildman–Crippen MR) is 93.1 cm³/mol. The highest BCUT2D eigenvalue weighted by atomic mass is 16.4. The van der Waals surface area contributed by atoms with E-state index in [1.165, 1.54) is 17.7 Å². The topological polar surface area (TPSA) is 117 Å². The second-order valence-electron chi connectivity index (χ2n) is 6.31. The molecule has 136 valence electrons. The molecule has 3 N–H and O–H groups in total. The molecular formula is C17H26N6O2. The molecule has 0 amide bonds. The summed E-state index contributed by atoms with van der Waals surface area (Å²) >= 11 is 0. The standard InChI is InChI=1S/C10H14N2.C7H12N4O2/c1-8-2-3-10(12-6-8)9-4-5-11-7-9;1-2-3-5(7(12)13)4-6-8-10-11-9-6/h2-3,6,9,11H,4-5,7H2,1H3;5H,2-4H2,1H3,(H,12,13)(H,8,9,10,11). The molecule has 2 aromatic heterocycles. The lowest BCUT2D eigenvalue weighted by molar-refractivity contribution is -0.142.